The second-order valence-electron chi connectivity index (χ2n) is 5.13. The van der Waals surface area contributed by atoms with E-state index in [0.717, 1.165) is 37.1 Å². The van der Waals surface area contributed by atoms with Gasteiger partial charge < -0.3 is 5.11 Å². The van der Waals surface area contributed by atoms with Crippen LogP contribution in [0.15, 0.2) is 29.2 Å². The van der Waals surface area contributed by atoms with Crippen molar-refractivity contribution in [3.8, 4) is 0 Å². The molecule has 2 atom stereocenters. The van der Waals surface area contributed by atoms with Crippen LogP contribution in [0.4, 0.5) is 13.2 Å². The first-order chi connectivity index (χ1) is 9.70. The molecule has 2 rings (SSSR count). The molecular formula is C13H16F3NO3S. The average molecular weight is 323 g/mol. The number of aliphatic hydroxyl groups is 1. The summed E-state index contributed by atoms with van der Waals surface area (Å²) in [6, 6.07) is 3.32. The standard InChI is InChI=1S/C13H16F3NO3S/c14-13(15,16)10-4-6-11(7-5-10)21(19,20)17-8-9-2-1-3-12(9)18/h4-7,9,12,17-18H,1-3,8H2. The van der Waals surface area contributed by atoms with Crippen LogP contribution in [-0.4, -0.2) is 26.2 Å². The van der Waals surface area contributed by atoms with Crippen LogP contribution >= 0.6 is 0 Å². The largest absolute Gasteiger partial charge is 0.416 e. The second kappa shape index (κ2) is 5.94. The molecule has 118 valence electrons. The predicted octanol–water partition coefficient (Wildman–Crippen LogP) is 2.14. The highest BCUT2D eigenvalue weighted by Gasteiger charge is 2.31. The quantitative estimate of drug-likeness (QED) is 0.892. The lowest BCUT2D eigenvalue weighted by Gasteiger charge is -2.15. The van der Waals surface area contributed by atoms with Gasteiger partial charge in [0, 0.05) is 6.54 Å². The maximum Gasteiger partial charge on any atom is 0.416 e. The van der Waals surface area contributed by atoms with E-state index in [2.05, 4.69) is 4.72 Å². The Morgan fingerprint density at radius 1 is 1.19 bits per heavy atom. The average Bonchev–Trinajstić information content (AvgIpc) is 2.81. The third-order valence-electron chi connectivity index (χ3n) is 3.65. The Labute approximate surface area is 121 Å². The van der Waals surface area contributed by atoms with Gasteiger partial charge in [0.25, 0.3) is 0 Å². The SMILES string of the molecule is O=S(=O)(NCC1CCCC1O)c1ccc(C(F)(F)F)cc1. The van der Waals surface area contributed by atoms with Crippen molar-refractivity contribution in [2.75, 3.05) is 6.54 Å². The van der Waals surface area contributed by atoms with E-state index in [1.165, 1.54) is 0 Å². The summed E-state index contributed by atoms with van der Waals surface area (Å²) in [6.45, 7) is 0.0878. The summed E-state index contributed by atoms with van der Waals surface area (Å²) in [4.78, 5) is -0.219. The van der Waals surface area contributed by atoms with Gasteiger partial charge in [-0.25, -0.2) is 13.1 Å². The van der Waals surface area contributed by atoms with Crippen molar-refractivity contribution in [1.82, 2.24) is 4.72 Å². The van der Waals surface area contributed by atoms with Crippen molar-refractivity contribution in [1.29, 1.82) is 0 Å². The predicted molar refractivity (Wildman–Crippen MR) is 70.0 cm³/mol. The summed E-state index contributed by atoms with van der Waals surface area (Å²) < 4.78 is 63.6. The van der Waals surface area contributed by atoms with Crippen LogP contribution in [0.3, 0.4) is 0 Å². The highest BCUT2D eigenvalue weighted by molar-refractivity contribution is 7.89. The maximum absolute atomic E-state index is 12.4. The van der Waals surface area contributed by atoms with E-state index in [1.807, 2.05) is 0 Å². The molecule has 0 aromatic heterocycles. The second-order valence-corrected chi connectivity index (χ2v) is 6.90. The molecule has 0 spiro atoms. The van der Waals surface area contributed by atoms with E-state index in [4.69, 9.17) is 0 Å². The Morgan fingerprint density at radius 3 is 2.29 bits per heavy atom. The van der Waals surface area contributed by atoms with Crippen molar-refractivity contribution >= 4 is 10.0 Å². The lowest BCUT2D eigenvalue weighted by Crippen LogP contribution is -2.32. The van der Waals surface area contributed by atoms with E-state index in [9.17, 15) is 26.7 Å². The fourth-order valence-corrected chi connectivity index (χ4v) is 3.47. The molecule has 1 aliphatic carbocycles. The van der Waals surface area contributed by atoms with E-state index in [0.29, 0.717) is 6.42 Å². The first kappa shape index (κ1) is 16.3. The first-order valence-electron chi connectivity index (χ1n) is 6.55. The van der Waals surface area contributed by atoms with Gasteiger partial charge in [0.15, 0.2) is 0 Å². The summed E-state index contributed by atoms with van der Waals surface area (Å²) in [5, 5.41) is 9.62. The minimum atomic E-state index is -4.50. The molecule has 1 aromatic carbocycles. The number of alkyl halides is 3. The van der Waals surface area contributed by atoms with Crippen molar-refractivity contribution in [2.45, 2.75) is 36.4 Å². The van der Waals surface area contributed by atoms with Gasteiger partial charge in [-0.3, -0.25) is 0 Å². The topological polar surface area (TPSA) is 66.4 Å². The number of halogens is 3. The summed E-state index contributed by atoms with van der Waals surface area (Å²) in [6.07, 6.45) is -2.80. The van der Waals surface area contributed by atoms with Crippen LogP contribution in [0.2, 0.25) is 0 Å². The third kappa shape index (κ3) is 3.96. The van der Waals surface area contributed by atoms with Gasteiger partial charge in [-0.1, -0.05) is 6.42 Å². The molecule has 0 bridgehead atoms. The zero-order valence-corrected chi connectivity index (χ0v) is 11.9. The van der Waals surface area contributed by atoms with Gasteiger partial charge >= 0.3 is 6.18 Å². The van der Waals surface area contributed by atoms with Crippen LogP contribution in [0, 0.1) is 5.92 Å². The number of aliphatic hydroxyl groups excluding tert-OH is 1. The van der Waals surface area contributed by atoms with E-state index >= 15 is 0 Å². The number of benzene rings is 1. The van der Waals surface area contributed by atoms with E-state index < -0.39 is 27.9 Å². The molecule has 0 aliphatic heterocycles. The van der Waals surface area contributed by atoms with Gasteiger partial charge in [0.05, 0.1) is 16.6 Å². The molecule has 8 heteroatoms. The number of nitrogens with one attached hydrogen (secondary N) is 1. The molecule has 21 heavy (non-hydrogen) atoms. The summed E-state index contributed by atoms with van der Waals surface area (Å²) in [5.41, 5.74) is -0.896. The van der Waals surface area contributed by atoms with Crippen molar-refractivity contribution in [2.24, 2.45) is 5.92 Å². The molecule has 1 fully saturated rings. The van der Waals surface area contributed by atoms with Crippen LogP contribution in [0.25, 0.3) is 0 Å². The number of hydrogen-bond donors (Lipinski definition) is 2. The van der Waals surface area contributed by atoms with Crippen LogP contribution in [0.1, 0.15) is 24.8 Å². The maximum atomic E-state index is 12.4. The lowest BCUT2D eigenvalue weighted by molar-refractivity contribution is -0.137. The number of sulfonamides is 1. The molecule has 2 unspecified atom stereocenters. The normalized spacial score (nSPS) is 23.4. The van der Waals surface area contributed by atoms with Gasteiger partial charge in [0.2, 0.25) is 10.0 Å². The third-order valence-corrected chi connectivity index (χ3v) is 5.09. The Kier molecular flexibility index (Phi) is 4.60. The van der Waals surface area contributed by atoms with Crippen LogP contribution in [0.5, 0.6) is 0 Å². The molecule has 4 nitrogen and oxygen atoms in total. The zero-order valence-electron chi connectivity index (χ0n) is 11.1. The van der Waals surface area contributed by atoms with E-state index in [-0.39, 0.29) is 17.4 Å². The van der Waals surface area contributed by atoms with Gasteiger partial charge in [-0.2, -0.15) is 13.2 Å². The lowest BCUT2D eigenvalue weighted by atomic mass is 10.1. The van der Waals surface area contributed by atoms with Crippen molar-refractivity contribution in [3.05, 3.63) is 29.8 Å². The summed E-state index contributed by atoms with van der Waals surface area (Å²) in [7, 11) is -3.86. The number of rotatable bonds is 4. The fraction of sp³-hybridized carbons (Fsp3) is 0.538. The van der Waals surface area contributed by atoms with Gasteiger partial charge in [-0.15, -0.1) is 0 Å². The molecular weight excluding hydrogens is 307 g/mol. The summed E-state index contributed by atoms with van der Waals surface area (Å²) >= 11 is 0. The number of hydrogen-bond acceptors (Lipinski definition) is 3. The van der Waals surface area contributed by atoms with E-state index in [1.54, 1.807) is 0 Å². The smallest absolute Gasteiger partial charge is 0.393 e. The highest BCUT2D eigenvalue weighted by atomic mass is 32.2. The van der Waals surface area contributed by atoms with Gasteiger partial charge in [0.1, 0.15) is 0 Å². The van der Waals surface area contributed by atoms with Crippen molar-refractivity contribution < 1.29 is 26.7 Å². The Bertz CT molecular complexity index is 584. The van der Waals surface area contributed by atoms with Crippen molar-refractivity contribution in [3.63, 3.8) is 0 Å². The van der Waals surface area contributed by atoms with Gasteiger partial charge in [-0.05, 0) is 43.0 Å². The molecule has 0 radical (unpaired) electrons. The van der Waals surface area contributed by atoms with Crippen LogP contribution in [-0.2, 0) is 16.2 Å². The highest BCUT2D eigenvalue weighted by Crippen LogP contribution is 2.30. The monoisotopic (exact) mass is 323 g/mol. The summed E-state index contributed by atoms with van der Waals surface area (Å²) in [5.74, 6) is -0.144. The molecule has 1 aromatic rings. The minimum absolute atomic E-state index is 0.0878. The Balaban J connectivity index is 2.05. The molecule has 2 N–H and O–H groups in total. The fourth-order valence-electron chi connectivity index (χ4n) is 2.38. The molecule has 1 aliphatic rings. The molecule has 0 saturated heterocycles. The molecule has 0 heterocycles. The molecule has 0 amide bonds. The molecule has 1 saturated carbocycles. The first-order valence-corrected chi connectivity index (χ1v) is 8.03. The van der Waals surface area contributed by atoms with Crippen LogP contribution < -0.4 is 4.72 Å². The Hall–Kier alpha value is -1.12. The zero-order chi connectivity index (χ0) is 15.7. The Morgan fingerprint density at radius 2 is 1.81 bits per heavy atom. The minimum Gasteiger partial charge on any atom is -0.393 e.